The SMILES string of the molecule is CC1CCC(Cn2c(NCC3CC3)nc3nc(-c4noc(=O)[nH]4)nc(N[C@H](C)C4CCC4)c32)CC1. The number of aromatic amines is 1. The summed E-state index contributed by atoms with van der Waals surface area (Å²) in [6.07, 6.45) is 11.4. The molecule has 3 aromatic heterocycles. The number of rotatable bonds is 9. The Morgan fingerprint density at radius 3 is 2.49 bits per heavy atom. The Morgan fingerprint density at radius 2 is 1.83 bits per heavy atom. The lowest BCUT2D eigenvalue weighted by molar-refractivity contribution is 0.267. The second kappa shape index (κ2) is 9.28. The Bertz CT molecular complexity index is 1230. The molecule has 3 fully saturated rings. The van der Waals surface area contributed by atoms with Crippen molar-refractivity contribution in [2.75, 3.05) is 17.2 Å². The van der Waals surface area contributed by atoms with Gasteiger partial charge in [-0.25, -0.2) is 14.8 Å². The predicted octanol–water partition coefficient (Wildman–Crippen LogP) is 4.42. The highest BCUT2D eigenvalue weighted by Crippen LogP contribution is 2.36. The fourth-order valence-corrected chi connectivity index (χ4v) is 5.48. The molecule has 0 saturated heterocycles. The molecule has 3 heterocycles. The molecule has 0 aromatic carbocycles. The lowest BCUT2D eigenvalue weighted by Gasteiger charge is -2.32. The van der Waals surface area contributed by atoms with Crippen LogP contribution >= 0.6 is 0 Å². The number of imidazole rings is 1. The second-order valence-corrected chi connectivity index (χ2v) is 11.1. The van der Waals surface area contributed by atoms with Gasteiger partial charge in [-0.05, 0) is 69.1 Å². The molecule has 0 spiro atoms. The number of hydrogen-bond donors (Lipinski definition) is 3. The van der Waals surface area contributed by atoms with Crippen LogP contribution < -0.4 is 16.4 Å². The summed E-state index contributed by atoms with van der Waals surface area (Å²) < 4.78 is 7.04. The molecule has 188 valence electrons. The summed E-state index contributed by atoms with van der Waals surface area (Å²) in [5.74, 6) is 4.34. The van der Waals surface area contributed by atoms with Crippen LogP contribution in [-0.4, -0.2) is 42.2 Å². The molecule has 3 aliphatic rings. The first-order chi connectivity index (χ1) is 17.0. The minimum atomic E-state index is -0.620. The summed E-state index contributed by atoms with van der Waals surface area (Å²) in [4.78, 5) is 28.7. The number of H-pyrrole nitrogens is 1. The van der Waals surface area contributed by atoms with Crippen molar-refractivity contribution >= 4 is 22.9 Å². The Hall–Kier alpha value is -2.91. The molecule has 0 radical (unpaired) electrons. The molecule has 6 rings (SSSR count). The molecule has 3 aromatic rings. The molecule has 3 N–H and O–H groups in total. The van der Waals surface area contributed by atoms with Crippen LogP contribution in [0, 0.1) is 23.7 Å². The third kappa shape index (κ3) is 4.79. The zero-order valence-corrected chi connectivity index (χ0v) is 20.7. The highest BCUT2D eigenvalue weighted by atomic mass is 16.5. The normalized spacial score (nSPS) is 23.8. The third-order valence-electron chi connectivity index (χ3n) is 8.30. The van der Waals surface area contributed by atoms with Crippen molar-refractivity contribution in [3.05, 3.63) is 10.6 Å². The average molecular weight is 481 g/mol. The number of fused-ring (bicyclic) bond motifs is 1. The summed E-state index contributed by atoms with van der Waals surface area (Å²) in [6.45, 7) is 6.43. The van der Waals surface area contributed by atoms with E-state index in [4.69, 9.17) is 19.5 Å². The lowest BCUT2D eigenvalue weighted by atomic mass is 9.80. The maximum atomic E-state index is 11.6. The van der Waals surface area contributed by atoms with E-state index in [-0.39, 0.29) is 11.9 Å². The third-order valence-corrected chi connectivity index (χ3v) is 8.30. The quantitative estimate of drug-likeness (QED) is 0.411. The largest absolute Gasteiger partial charge is 0.439 e. The van der Waals surface area contributed by atoms with E-state index in [9.17, 15) is 4.79 Å². The summed E-state index contributed by atoms with van der Waals surface area (Å²) >= 11 is 0. The van der Waals surface area contributed by atoms with Crippen molar-refractivity contribution < 1.29 is 4.52 Å². The summed E-state index contributed by atoms with van der Waals surface area (Å²) in [5.41, 5.74) is 1.55. The molecule has 35 heavy (non-hydrogen) atoms. The van der Waals surface area contributed by atoms with E-state index < -0.39 is 5.76 Å². The summed E-state index contributed by atoms with van der Waals surface area (Å²) in [5, 5.41) is 11.1. The van der Waals surface area contributed by atoms with E-state index in [1.54, 1.807) is 0 Å². The van der Waals surface area contributed by atoms with Crippen molar-refractivity contribution in [1.29, 1.82) is 0 Å². The van der Waals surface area contributed by atoms with Gasteiger partial charge < -0.3 is 15.2 Å². The van der Waals surface area contributed by atoms with Crippen LogP contribution in [0.25, 0.3) is 22.8 Å². The van der Waals surface area contributed by atoms with Crippen LogP contribution in [0.2, 0.25) is 0 Å². The van der Waals surface area contributed by atoms with Crippen LogP contribution in [0.3, 0.4) is 0 Å². The van der Waals surface area contributed by atoms with Gasteiger partial charge in [0.05, 0.1) is 0 Å². The Balaban J connectivity index is 1.42. The fourth-order valence-electron chi connectivity index (χ4n) is 5.48. The van der Waals surface area contributed by atoms with Crippen LogP contribution in [0.15, 0.2) is 9.32 Å². The van der Waals surface area contributed by atoms with Crippen LogP contribution in [0.5, 0.6) is 0 Å². The van der Waals surface area contributed by atoms with Gasteiger partial charge >= 0.3 is 5.76 Å². The van der Waals surface area contributed by atoms with Crippen molar-refractivity contribution in [3.63, 3.8) is 0 Å². The standard InChI is InChI=1S/C25H36N8O2/c1-14-6-8-17(9-7-14)13-33-19-20(27-15(2)18-4-3-5-18)28-22(23-31-25(34)35-32-23)29-21(19)30-24(33)26-12-16-10-11-16/h14-18H,3-13H2,1-2H3,(H,31,32,34)(H2,26,27,28,29,30)/t14?,15-,17?/m1/s1. The van der Waals surface area contributed by atoms with E-state index in [1.807, 2.05) is 0 Å². The van der Waals surface area contributed by atoms with E-state index in [0.29, 0.717) is 23.3 Å². The van der Waals surface area contributed by atoms with Gasteiger partial charge in [0.2, 0.25) is 17.6 Å². The molecule has 10 heteroatoms. The summed E-state index contributed by atoms with van der Waals surface area (Å²) in [7, 11) is 0. The lowest BCUT2D eigenvalue weighted by Crippen LogP contribution is -2.31. The van der Waals surface area contributed by atoms with Gasteiger partial charge in [-0.2, -0.15) is 4.98 Å². The Morgan fingerprint density at radius 1 is 1.06 bits per heavy atom. The number of hydrogen-bond acceptors (Lipinski definition) is 8. The fraction of sp³-hybridized carbons (Fsp3) is 0.720. The maximum Gasteiger partial charge on any atom is 0.439 e. The minimum Gasteiger partial charge on any atom is -0.365 e. The molecule has 0 bridgehead atoms. The molecule has 0 aliphatic heterocycles. The Kier molecular flexibility index (Phi) is 5.98. The van der Waals surface area contributed by atoms with E-state index in [1.165, 1.54) is 57.8 Å². The van der Waals surface area contributed by atoms with Gasteiger partial charge in [0.25, 0.3) is 0 Å². The highest BCUT2D eigenvalue weighted by Gasteiger charge is 2.29. The van der Waals surface area contributed by atoms with Gasteiger partial charge in [0, 0.05) is 19.1 Å². The smallest absolute Gasteiger partial charge is 0.365 e. The van der Waals surface area contributed by atoms with E-state index in [0.717, 1.165) is 42.2 Å². The first-order valence-electron chi connectivity index (χ1n) is 13.4. The van der Waals surface area contributed by atoms with Crippen LogP contribution in [0.4, 0.5) is 11.8 Å². The van der Waals surface area contributed by atoms with E-state index in [2.05, 4.69) is 39.2 Å². The van der Waals surface area contributed by atoms with Crippen LogP contribution in [0.1, 0.15) is 71.6 Å². The van der Waals surface area contributed by atoms with Crippen molar-refractivity contribution in [2.45, 2.75) is 84.2 Å². The zero-order valence-electron chi connectivity index (χ0n) is 20.7. The number of nitrogens with zero attached hydrogens (tertiary/aromatic N) is 5. The Labute approximate surface area is 204 Å². The van der Waals surface area contributed by atoms with Crippen molar-refractivity contribution in [2.24, 2.45) is 23.7 Å². The molecule has 10 nitrogen and oxygen atoms in total. The molecule has 3 saturated carbocycles. The van der Waals surface area contributed by atoms with Crippen molar-refractivity contribution in [3.8, 4) is 11.6 Å². The zero-order chi connectivity index (χ0) is 23.9. The van der Waals surface area contributed by atoms with E-state index >= 15 is 0 Å². The topological polar surface area (TPSA) is 127 Å². The van der Waals surface area contributed by atoms with Gasteiger partial charge in [0.15, 0.2) is 11.5 Å². The first-order valence-corrected chi connectivity index (χ1v) is 13.4. The highest BCUT2D eigenvalue weighted by molar-refractivity contribution is 5.87. The van der Waals surface area contributed by atoms with Crippen LogP contribution in [-0.2, 0) is 6.54 Å². The second-order valence-electron chi connectivity index (χ2n) is 11.1. The van der Waals surface area contributed by atoms with Gasteiger partial charge in [-0.1, -0.05) is 31.3 Å². The molecule has 0 unspecified atom stereocenters. The molecule has 0 amide bonds. The van der Waals surface area contributed by atoms with Gasteiger partial charge in [-0.3, -0.25) is 9.51 Å². The monoisotopic (exact) mass is 480 g/mol. The number of nitrogens with one attached hydrogen (secondary N) is 3. The maximum absolute atomic E-state index is 11.6. The minimum absolute atomic E-state index is 0.222. The predicted molar refractivity (Wildman–Crippen MR) is 134 cm³/mol. The molecular weight excluding hydrogens is 444 g/mol. The first kappa shape index (κ1) is 22.5. The molecular formula is C25H36N8O2. The van der Waals surface area contributed by atoms with Gasteiger partial charge in [0.1, 0.15) is 5.52 Å². The average Bonchev–Trinajstić information content (AvgIpc) is 3.42. The summed E-state index contributed by atoms with van der Waals surface area (Å²) in [6, 6.07) is 0.285. The number of anilines is 2. The number of aromatic nitrogens is 6. The van der Waals surface area contributed by atoms with Gasteiger partial charge in [-0.15, -0.1) is 0 Å². The van der Waals surface area contributed by atoms with Crippen molar-refractivity contribution in [1.82, 2.24) is 29.7 Å². The molecule has 1 atom stereocenters. The molecule has 3 aliphatic carbocycles.